The number of rotatable bonds is 1. The third-order valence-corrected chi connectivity index (χ3v) is 1.74. The van der Waals surface area contributed by atoms with E-state index in [1.54, 1.807) is 6.20 Å². The average molecular weight is 158 g/mol. The van der Waals surface area contributed by atoms with E-state index in [1.807, 2.05) is 25.1 Å². The van der Waals surface area contributed by atoms with E-state index in [4.69, 9.17) is 0 Å². The molecule has 2 rings (SSSR count). The monoisotopic (exact) mass is 158 g/mol. The Kier molecular flexibility index (Phi) is 1.63. The van der Waals surface area contributed by atoms with Crippen molar-refractivity contribution in [1.29, 1.82) is 0 Å². The molecule has 1 aromatic heterocycles. The van der Waals surface area contributed by atoms with Crippen molar-refractivity contribution in [1.82, 2.24) is 15.4 Å². The van der Waals surface area contributed by atoms with Crippen molar-refractivity contribution < 1.29 is 0 Å². The molecule has 12 heavy (non-hydrogen) atoms. The maximum absolute atomic E-state index is 3.91. The summed E-state index contributed by atoms with van der Waals surface area (Å²) in [5.74, 6) is 0. The van der Waals surface area contributed by atoms with Crippen LogP contribution in [-0.4, -0.2) is 15.4 Å². The Labute approximate surface area is 70.4 Å². The molecule has 0 saturated heterocycles. The van der Waals surface area contributed by atoms with Crippen LogP contribution in [0.1, 0.15) is 5.56 Å². The Morgan fingerprint density at radius 3 is 3.08 bits per heavy atom. The molecule has 0 spiro atoms. The first kappa shape index (κ1) is 7.03. The molecule has 2 aromatic rings. The zero-order valence-corrected chi connectivity index (χ0v) is 6.70. The number of aromatic amines is 1. The van der Waals surface area contributed by atoms with Crippen molar-refractivity contribution >= 4 is 0 Å². The lowest BCUT2D eigenvalue weighted by Crippen LogP contribution is -1.82. The number of aryl methyl sites for hydroxylation is 1. The highest BCUT2D eigenvalue weighted by Gasteiger charge is 2.02. The maximum Gasteiger partial charge on any atom is 0.113 e. The summed E-state index contributed by atoms with van der Waals surface area (Å²) >= 11 is 0. The molecule has 0 bridgehead atoms. The van der Waals surface area contributed by atoms with Crippen molar-refractivity contribution in [3.63, 3.8) is 0 Å². The molecule has 0 saturated carbocycles. The van der Waals surface area contributed by atoms with Crippen LogP contribution in [0, 0.1) is 13.0 Å². The van der Waals surface area contributed by atoms with Gasteiger partial charge in [0.2, 0.25) is 0 Å². The van der Waals surface area contributed by atoms with Crippen LogP contribution in [0.3, 0.4) is 0 Å². The van der Waals surface area contributed by atoms with Crippen LogP contribution in [0.15, 0.2) is 24.4 Å². The van der Waals surface area contributed by atoms with Crippen LogP contribution < -0.4 is 0 Å². The normalized spacial score (nSPS) is 10.1. The number of benzene rings is 1. The number of nitrogens with one attached hydrogen (secondary N) is 1. The lowest BCUT2D eigenvalue weighted by molar-refractivity contribution is 0.942. The molecule has 1 heterocycles. The van der Waals surface area contributed by atoms with Crippen molar-refractivity contribution in [2.75, 3.05) is 0 Å². The fraction of sp³-hybridized carbons (Fsp3) is 0.111. The minimum Gasteiger partial charge on any atom is -0.265 e. The fourth-order valence-electron chi connectivity index (χ4n) is 1.12. The maximum atomic E-state index is 3.91. The molecule has 0 unspecified atom stereocenters. The zero-order chi connectivity index (χ0) is 8.39. The van der Waals surface area contributed by atoms with E-state index in [9.17, 15) is 0 Å². The summed E-state index contributed by atoms with van der Waals surface area (Å²) in [5.41, 5.74) is 3.01. The molecule has 1 N–H and O–H groups in total. The third-order valence-electron chi connectivity index (χ3n) is 1.74. The van der Waals surface area contributed by atoms with Gasteiger partial charge in [-0.25, -0.2) is 0 Å². The van der Waals surface area contributed by atoms with E-state index in [0.717, 1.165) is 16.8 Å². The van der Waals surface area contributed by atoms with Gasteiger partial charge in [-0.1, -0.05) is 23.4 Å². The standard InChI is InChI=1S/C9H8N3/c1-7-4-2-3-5-8(7)9-6-10-12-11-9/h2-4,6H,1H3,(H,10,11,12). The first-order valence-corrected chi connectivity index (χ1v) is 3.72. The van der Waals surface area contributed by atoms with Gasteiger partial charge in [0.25, 0.3) is 0 Å². The molecule has 0 atom stereocenters. The van der Waals surface area contributed by atoms with Crippen LogP contribution in [0.2, 0.25) is 0 Å². The van der Waals surface area contributed by atoms with E-state index < -0.39 is 0 Å². The number of hydrogen-bond donors (Lipinski definition) is 1. The number of aromatic nitrogens is 3. The van der Waals surface area contributed by atoms with E-state index in [-0.39, 0.29) is 0 Å². The minimum absolute atomic E-state index is 0.841. The summed E-state index contributed by atoms with van der Waals surface area (Å²) in [6.45, 7) is 2.03. The molecular formula is C9H8N3. The number of H-pyrrole nitrogens is 1. The summed E-state index contributed by atoms with van der Waals surface area (Å²) in [6.07, 6.45) is 1.76. The predicted molar refractivity (Wildman–Crippen MR) is 45.4 cm³/mol. The van der Waals surface area contributed by atoms with Gasteiger partial charge in [0.15, 0.2) is 0 Å². The fourth-order valence-corrected chi connectivity index (χ4v) is 1.12. The predicted octanol–water partition coefficient (Wildman–Crippen LogP) is 1.58. The molecule has 0 aliphatic rings. The highest BCUT2D eigenvalue weighted by Crippen LogP contribution is 2.18. The Hall–Kier alpha value is -1.64. The number of nitrogens with zero attached hydrogens (tertiary/aromatic N) is 2. The van der Waals surface area contributed by atoms with Crippen molar-refractivity contribution in [2.24, 2.45) is 0 Å². The van der Waals surface area contributed by atoms with Crippen molar-refractivity contribution in [3.8, 4) is 11.3 Å². The molecule has 3 nitrogen and oxygen atoms in total. The zero-order valence-electron chi connectivity index (χ0n) is 6.70. The second-order valence-corrected chi connectivity index (χ2v) is 2.59. The van der Waals surface area contributed by atoms with Gasteiger partial charge in [0, 0.05) is 5.56 Å². The van der Waals surface area contributed by atoms with Gasteiger partial charge in [-0.05, 0) is 18.6 Å². The minimum atomic E-state index is 0.841. The van der Waals surface area contributed by atoms with Crippen LogP contribution in [0.25, 0.3) is 11.3 Å². The van der Waals surface area contributed by atoms with Crippen LogP contribution >= 0.6 is 0 Å². The molecule has 0 aliphatic heterocycles. The van der Waals surface area contributed by atoms with Gasteiger partial charge in [0.1, 0.15) is 5.69 Å². The van der Waals surface area contributed by atoms with Gasteiger partial charge < -0.3 is 0 Å². The van der Waals surface area contributed by atoms with E-state index in [2.05, 4.69) is 21.5 Å². The lowest BCUT2D eigenvalue weighted by atomic mass is 10.1. The van der Waals surface area contributed by atoms with E-state index in [0.29, 0.717) is 0 Å². The molecule has 1 aromatic carbocycles. The van der Waals surface area contributed by atoms with Crippen molar-refractivity contribution in [3.05, 3.63) is 36.0 Å². The highest BCUT2D eigenvalue weighted by molar-refractivity contribution is 5.60. The highest BCUT2D eigenvalue weighted by atomic mass is 15.3. The van der Waals surface area contributed by atoms with Crippen LogP contribution in [0.4, 0.5) is 0 Å². The van der Waals surface area contributed by atoms with Gasteiger partial charge in [0.05, 0.1) is 6.20 Å². The first-order chi connectivity index (χ1) is 5.88. The van der Waals surface area contributed by atoms with Crippen LogP contribution in [-0.2, 0) is 0 Å². The molecule has 3 heteroatoms. The lowest BCUT2D eigenvalue weighted by Gasteiger charge is -1.98. The Bertz CT molecular complexity index is 365. The van der Waals surface area contributed by atoms with E-state index in [1.165, 1.54) is 0 Å². The van der Waals surface area contributed by atoms with Crippen molar-refractivity contribution in [2.45, 2.75) is 6.92 Å². The van der Waals surface area contributed by atoms with Crippen LogP contribution in [0.5, 0.6) is 0 Å². The summed E-state index contributed by atoms with van der Waals surface area (Å²) in [4.78, 5) is 0. The van der Waals surface area contributed by atoms with Gasteiger partial charge >= 0.3 is 0 Å². The summed E-state index contributed by atoms with van der Waals surface area (Å²) in [7, 11) is 0. The summed E-state index contributed by atoms with van der Waals surface area (Å²) in [6, 6.07) is 8.97. The Morgan fingerprint density at radius 1 is 1.50 bits per heavy atom. The van der Waals surface area contributed by atoms with Gasteiger partial charge in [-0.3, -0.25) is 5.10 Å². The molecule has 0 aliphatic carbocycles. The average Bonchev–Trinajstić information content (AvgIpc) is 2.57. The molecule has 1 radical (unpaired) electrons. The third kappa shape index (κ3) is 1.09. The molecular weight excluding hydrogens is 150 g/mol. The summed E-state index contributed by atoms with van der Waals surface area (Å²) in [5, 5.41) is 10.2. The van der Waals surface area contributed by atoms with Gasteiger partial charge in [-0.2, -0.15) is 0 Å². The quantitative estimate of drug-likeness (QED) is 0.684. The largest absolute Gasteiger partial charge is 0.265 e. The Balaban J connectivity index is 2.55. The van der Waals surface area contributed by atoms with E-state index >= 15 is 0 Å². The van der Waals surface area contributed by atoms with Gasteiger partial charge in [-0.15, -0.1) is 5.10 Å². The molecule has 0 amide bonds. The topological polar surface area (TPSA) is 41.6 Å². The SMILES string of the molecule is Cc1ccc[c]c1-c1c[nH]nn1. The smallest absolute Gasteiger partial charge is 0.113 e. The molecule has 59 valence electrons. The summed E-state index contributed by atoms with van der Waals surface area (Å²) < 4.78 is 0. The Morgan fingerprint density at radius 2 is 2.42 bits per heavy atom. The second kappa shape index (κ2) is 2.77. The second-order valence-electron chi connectivity index (χ2n) is 2.59. The first-order valence-electron chi connectivity index (χ1n) is 3.72. The molecule has 0 fully saturated rings. The number of hydrogen-bond acceptors (Lipinski definition) is 2.